The van der Waals surface area contributed by atoms with Crippen LogP contribution in [0, 0.1) is 0 Å². The molecule has 5 N–H and O–H groups in total. The number of carbonyl (C=O) groups excluding carboxylic acids is 1. The third kappa shape index (κ3) is 2.89. The largest absolute Gasteiger partial charge is 0.466 e. The fourth-order valence-electron chi connectivity index (χ4n) is 1.97. The highest BCUT2D eigenvalue weighted by Gasteiger charge is 2.22. The van der Waals surface area contributed by atoms with Crippen molar-refractivity contribution in [2.24, 2.45) is 0 Å². The molecular weight excluding hydrogens is 262 g/mol. The maximum absolute atomic E-state index is 11.3. The number of fused-ring (bicyclic) bond motifs is 1. The summed E-state index contributed by atoms with van der Waals surface area (Å²) in [4.78, 5) is 11.3. The molecule has 0 aliphatic carbocycles. The number of nitrogens with one attached hydrogen (secondary N) is 1. The number of aromatic nitrogens is 2. The van der Waals surface area contributed by atoms with Crippen LogP contribution >= 0.6 is 0 Å². The summed E-state index contributed by atoms with van der Waals surface area (Å²) in [6.07, 6.45) is -2.68. The van der Waals surface area contributed by atoms with E-state index in [0.29, 0.717) is 16.9 Å². The van der Waals surface area contributed by atoms with E-state index in [1.54, 1.807) is 25.1 Å². The molecule has 2 aromatic rings. The van der Waals surface area contributed by atoms with Crippen molar-refractivity contribution in [1.82, 2.24) is 10.2 Å². The van der Waals surface area contributed by atoms with Crippen LogP contribution in [0.4, 0.5) is 5.82 Å². The topological polar surface area (TPSA) is 121 Å². The summed E-state index contributed by atoms with van der Waals surface area (Å²) in [6, 6.07) is 4.97. The third-order valence-electron chi connectivity index (χ3n) is 3.00. The highest BCUT2D eigenvalue weighted by molar-refractivity contribution is 5.88. The van der Waals surface area contributed by atoms with Crippen LogP contribution in [-0.4, -0.2) is 39.1 Å². The van der Waals surface area contributed by atoms with Crippen molar-refractivity contribution >= 4 is 22.7 Å². The first-order valence-corrected chi connectivity index (χ1v) is 6.28. The Morgan fingerprint density at radius 2 is 2.25 bits per heavy atom. The number of anilines is 1. The highest BCUT2D eigenvalue weighted by atomic mass is 16.5. The number of nitrogen functional groups attached to an aromatic ring is 1. The molecule has 1 heterocycles. The van der Waals surface area contributed by atoms with Gasteiger partial charge in [0.25, 0.3) is 0 Å². The third-order valence-corrected chi connectivity index (χ3v) is 3.00. The summed E-state index contributed by atoms with van der Waals surface area (Å²) in [7, 11) is 0. The molecule has 0 spiro atoms. The van der Waals surface area contributed by atoms with E-state index in [-0.39, 0.29) is 13.0 Å². The molecule has 0 fully saturated rings. The summed E-state index contributed by atoms with van der Waals surface area (Å²) >= 11 is 0. The molecule has 0 aliphatic heterocycles. The Balaban J connectivity index is 2.13. The van der Waals surface area contributed by atoms with Gasteiger partial charge in [-0.15, -0.1) is 0 Å². The summed E-state index contributed by atoms with van der Waals surface area (Å²) in [5, 5.41) is 27.2. The van der Waals surface area contributed by atoms with Crippen LogP contribution < -0.4 is 5.73 Å². The fourth-order valence-corrected chi connectivity index (χ4v) is 1.97. The smallest absolute Gasteiger partial charge is 0.308 e. The number of carbonyl (C=O) groups is 1. The molecule has 0 radical (unpaired) electrons. The molecule has 7 heteroatoms. The molecule has 1 aromatic carbocycles. The number of nitrogens with zero attached hydrogens (tertiary/aromatic N) is 1. The van der Waals surface area contributed by atoms with Crippen LogP contribution in [0.2, 0.25) is 0 Å². The van der Waals surface area contributed by atoms with Gasteiger partial charge in [-0.1, -0.05) is 6.07 Å². The lowest BCUT2D eigenvalue weighted by Gasteiger charge is -2.17. The van der Waals surface area contributed by atoms with Gasteiger partial charge in [0.1, 0.15) is 6.10 Å². The maximum Gasteiger partial charge on any atom is 0.308 e. The molecular formula is C13H17N3O4. The zero-order valence-corrected chi connectivity index (χ0v) is 11.0. The molecule has 2 atom stereocenters. The number of aliphatic hydroxyl groups is 2. The van der Waals surface area contributed by atoms with Crippen LogP contribution in [0.15, 0.2) is 18.2 Å². The average molecular weight is 279 g/mol. The molecule has 0 amide bonds. The van der Waals surface area contributed by atoms with Gasteiger partial charge in [-0.2, -0.15) is 5.10 Å². The maximum atomic E-state index is 11.3. The van der Waals surface area contributed by atoms with E-state index in [1.165, 1.54) is 0 Å². The molecule has 0 saturated carbocycles. The van der Waals surface area contributed by atoms with E-state index in [2.05, 4.69) is 10.2 Å². The van der Waals surface area contributed by atoms with Crippen molar-refractivity contribution < 1.29 is 19.7 Å². The number of hydrogen-bond acceptors (Lipinski definition) is 6. The van der Waals surface area contributed by atoms with E-state index in [9.17, 15) is 15.0 Å². The van der Waals surface area contributed by atoms with Gasteiger partial charge in [-0.05, 0) is 24.6 Å². The van der Waals surface area contributed by atoms with Crippen LogP contribution in [-0.2, 0) is 9.53 Å². The predicted octanol–water partition coefficient (Wildman–Crippen LogP) is 0.493. The molecule has 0 aliphatic rings. The van der Waals surface area contributed by atoms with Gasteiger partial charge in [-0.3, -0.25) is 9.89 Å². The Hall–Kier alpha value is -2.12. The Bertz CT molecular complexity index is 611. The minimum atomic E-state index is -1.23. The second-order valence-electron chi connectivity index (χ2n) is 4.44. The summed E-state index contributed by atoms with van der Waals surface area (Å²) < 4.78 is 4.73. The number of esters is 1. The number of rotatable bonds is 5. The number of aromatic amines is 1. The molecule has 0 bridgehead atoms. The lowest BCUT2D eigenvalue weighted by Crippen LogP contribution is -2.23. The van der Waals surface area contributed by atoms with E-state index in [4.69, 9.17) is 10.5 Å². The standard InChI is InChI=1S/C13H17N3O4/c1-2-20-11(18)6-10(17)12(19)7-3-4-8-9(5-7)15-16-13(8)14/h3-5,10,12,17,19H,2,6H2,1H3,(H3,14,15,16). The Labute approximate surface area is 115 Å². The van der Waals surface area contributed by atoms with Crippen molar-refractivity contribution in [3.63, 3.8) is 0 Å². The molecule has 2 unspecified atom stereocenters. The monoisotopic (exact) mass is 279 g/mol. The Morgan fingerprint density at radius 3 is 2.95 bits per heavy atom. The van der Waals surface area contributed by atoms with Crippen molar-refractivity contribution in [2.75, 3.05) is 12.3 Å². The Kier molecular flexibility index (Phi) is 4.21. The summed E-state index contributed by atoms with van der Waals surface area (Å²) in [5.41, 5.74) is 6.77. The van der Waals surface area contributed by atoms with Gasteiger partial charge in [0.15, 0.2) is 5.82 Å². The normalized spacial score (nSPS) is 14.2. The van der Waals surface area contributed by atoms with Crippen LogP contribution in [0.1, 0.15) is 25.0 Å². The SMILES string of the molecule is CCOC(=O)CC(O)C(O)c1ccc2c(N)n[nH]c2c1. The number of nitrogens with two attached hydrogens (primary N) is 1. The molecule has 0 saturated heterocycles. The zero-order valence-electron chi connectivity index (χ0n) is 11.0. The van der Waals surface area contributed by atoms with E-state index in [0.717, 1.165) is 5.39 Å². The molecule has 1 aromatic heterocycles. The minimum absolute atomic E-state index is 0.237. The zero-order chi connectivity index (χ0) is 14.7. The van der Waals surface area contributed by atoms with Gasteiger partial charge >= 0.3 is 5.97 Å². The van der Waals surface area contributed by atoms with E-state index >= 15 is 0 Å². The molecule has 2 rings (SSSR count). The minimum Gasteiger partial charge on any atom is -0.466 e. The second-order valence-corrected chi connectivity index (χ2v) is 4.44. The average Bonchev–Trinajstić information content (AvgIpc) is 2.79. The van der Waals surface area contributed by atoms with Crippen molar-refractivity contribution in [3.05, 3.63) is 23.8 Å². The van der Waals surface area contributed by atoms with Gasteiger partial charge in [0, 0.05) is 5.39 Å². The van der Waals surface area contributed by atoms with E-state index in [1.807, 2.05) is 0 Å². The lowest BCUT2D eigenvalue weighted by atomic mass is 10.0. The van der Waals surface area contributed by atoms with E-state index < -0.39 is 18.2 Å². The van der Waals surface area contributed by atoms with Crippen molar-refractivity contribution in [2.45, 2.75) is 25.6 Å². The fraction of sp³-hybridized carbons (Fsp3) is 0.385. The molecule has 20 heavy (non-hydrogen) atoms. The lowest BCUT2D eigenvalue weighted by molar-refractivity contribution is -0.147. The quantitative estimate of drug-likeness (QED) is 0.591. The molecule has 7 nitrogen and oxygen atoms in total. The van der Waals surface area contributed by atoms with Gasteiger partial charge in [-0.25, -0.2) is 0 Å². The first-order chi connectivity index (χ1) is 9.52. The number of ether oxygens (including phenoxy) is 1. The van der Waals surface area contributed by atoms with Crippen molar-refractivity contribution in [1.29, 1.82) is 0 Å². The summed E-state index contributed by atoms with van der Waals surface area (Å²) in [6.45, 7) is 1.91. The van der Waals surface area contributed by atoms with Gasteiger partial charge in [0.05, 0.1) is 24.6 Å². The molecule has 108 valence electrons. The predicted molar refractivity (Wildman–Crippen MR) is 72.7 cm³/mol. The summed E-state index contributed by atoms with van der Waals surface area (Å²) in [5.74, 6) is -0.181. The second kappa shape index (κ2) is 5.89. The van der Waals surface area contributed by atoms with Gasteiger partial charge in [0.2, 0.25) is 0 Å². The van der Waals surface area contributed by atoms with Crippen molar-refractivity contribution in [3.8, 4) is 0 Å². The number of hydrogen-bond donors (Lipinski definition) is 4. The first-order valence-electron chi connectivity index (χ1n) is 6.28. The Morgan fingerprint density at radius 1 is 1.50 bits per heavy atom. The van der Waals surface area contributed by atoms with Crippen LogP contribution in [0.3, 0.4) is 0 Å². The number of benzene rings is 1. The first kappa shape index (κ1) is 14.3. The highest BCUT2D eigenvalue weighted by Crippen LogP contribution is 2.25. The van der Waals surface area contributed by atoms with Crippen LogP contribution in [0.25, 0.3) is 10.9 Å². The number of H-pyrrole nitrogens is 1. The van der Waals surface area contributed by atoms with Gasteiger partial charge < -0.3 is 20.7 Å². The number of aliphatic hydroxyl groups excluding tert-OH is 2. The van der Waals surface area contributed by atoms with Crippen LogP contribution in [0.5, 0.6) is 0 Å².